The van der Waals surface area contributed by atoms with E-state index in [2.05, 4.69) is 50.4 Å². The molecular weight excluding hydrogens is 307 g/mol. The van der Waals surface area contributed by atoms with Crippen LogP contribution < -0.4 is 0 Å². The van der Waals surface area contributed by atoms with Gasteiger partial charge in [-0.25, -0.2) is 4.39 Å². The van der Waals surface area contributed by atoms with Crippen LogP contribution in [-0.2, 0) is 6.42 Å². The molecule has 0 saturated heterocycles. The van der Waals surface area contributed by atoms with Crippen LogP contribution in [0.15, 0.2) is 83.3 Å². The largest absolute Gasteiger partial charge is 0.206 e. The van der Waals surface area contributed by atoms with Crippen molar-refractivity contribution in [2.24, 2.45) is 0 Å². The summed E-state index contributed by atoms with van der Waals surface area (Å²) in [4.78, 5) is 0. The molecule has 0 heterocycles. The lowest BCUT2D eigenvalue weighted by atomic mass is 9.83. The summed E-state index contributed by atoms with van der Waals surface area (Å²) in [7, 11) is 0. The van der Waals surface area contributed by atoms with Gasteiger partial charge in [0.1, 0.15) is 5.83 Å². The Hall–Kier alpha value is -2.41. The lowest BCUT2D eigenvalue weighted by Crippen LogP contribution is -2.04. The van der Waals surface area contributed by atoms with Crippen LogP contribution in [0, 0.1) is 6.92 Å². The topological polar surface area (TPSA) is 0 Å². The standard InChI is InChI=1S/C24H25F/c1-16(2)13-24(25)18(4)19-7-9-20(10-8-19)22-12-11-21-14-17(3)5-6-23(21)15-22/h5-7,9,13-15H,1,4,8,10-12H2,2-3H3/b24-13+. The van der Waals surface area contributed by atoms with Crippen molar-refractivity contribution in [1.82, 2.24) is 0 Å². The second-order valence-electron chi connectivity index (χ2n) is 7.07. The van der Waals surface area contributed by atoms with Gasteiger partial charge in [-0.1, -0.05) is 60.7 Å². The Morgan fingerprint density at radius 1 is 1.04 bits per heavy atom. The summed E-state index contributed by atoms with van der Waals surface area (Å²) in [5, 5.41) is 0. The minimum atomic E-state index is -0.281. The molecule has 0 nitrogen and oxygen atoms in total. The van der Waals surface area contributed by atoms with E-state index in [1.807, 2.05) is 6.08 Å². The summed E-state index contributed by atoms with van der Waals surface area (Å²) in [5.74, 6) is -0.281. The van der Waals surface area contributed by atoms with Gasteiger partial charge in [-0.3, -0.25) is 0 Å². The zero-order chi connectivity index (χ0) is 18.0. The van der Waals surface area contributed by atoms with Gasteiger partial charge in [-0.2, -0.15) is 0 Å². The molecule has 0 radical (unpaired) electrons. The number of hydrogen-bond acceptors (Lipinski definition) is 0. The highest BCUT2D eigenvalue weighted by Gasteiger charge is 2.17. The number of benzene rings is 1. The van der Waals surface area contributed by atoms with E-state index in [1.165, 1.54) is 33.9 Å². The summed E-state index contributed by atoms with van der Waals surface area (Å²) in [6.07, 6.45) is 11.9. The minimum Gasteiger partial charge on any atom is -0.206 e. The summed E-state index contributed by atoms with van der Waals surface area (Å²) in [6.45, 7) is 11.6. The van der Waals surface area contributed by atoms with Gasteiger partial charge in [0, 0.05) is 5.57 Å². The Kier molecular flexibility index (Phi) is 5.03. The molecule has 0 saturated carbocycles. The quantitative estimate of drug-likeness (QED) is 0.523. The SMILES string of the molecule is C=C(C)/C=C(/F)C(=C)C1=CC=C(C2=Cc3ccc(C)cc3CC2)CC1. The minimum absolute atomic E-state index is 0.281. The first-order valence-corrected chi connectivity index (χ1v) is 8.86. The van der Waals surface area contributed by atoms with Crippen LogP contribution in [0.25, 0.3) is 6.08 Å². The van der Waals surface area contributed by atoms with E-state index in [4.69, 9.17) is 0 Å². The lowest BCUT2D eigenvalue weighted by molar-refractivity contribution is 0.650. The molecule has 2 aliphatic rings. The highest BCUT2D eigenvalue weighted by atomic mass is 19.1. The van der Waals surface area contributed by atoms with Crippen molar-refractivity contribution in [2.75, 3.05) is 0 Å². The molecule has 2 aliphatic carbocycles. The first-order chi connectivity index (χ1) is 11.9. The average molecular weight is 332 g/mol. The zero-order valence-electron chi connectivity index (χ0n) is 15.2. The van der Waals surface area contributed by atoms with Crippen molar-refractivity contribution in [3.05, 3.63) is 100.0 Å². The van der Waals surface area contributed by atoms with E-state index in [0.29, 0.717) is 11.1 Å². The van der Waals surface area contributed by atoms with Crippen LogP contribution in [0.4, 0.5) is 4.39 Å². The fourth-order valence-corrected chi connectivity index (χ4v) is 3.49. The first-order valence-electron chi connectivity index (χ1n) is 8.86. The Bertz CT molecular complexity index is 856. The molecule has 0 aromatic heterocycles. The summed E-state index contributed by atoms with van der Waals surface area (Å²) in [6, 6.07) is 6.68. The van der Waals surface area contributed by atoms with E-state index in [-0.39, 0.29) is 5.83 Å². The van der Waals surface area contributed by atoms with Crippen LogP contribution in [0.5, 0.6) is 0 Å². The smallest absolute Gasteiger partial charge is 0.130 e. The maximum absolute atomic E-state index is 14.1. The molecule has 1 heteroatoms. The second kappa shape index (κ2) is 7.23. The number of fused-ring (bicyclic) bond motifs is 1. The third-order valence-corrected chi connectivity index (χ3v) is 4.90. The Morgan fingerprint density at radius 2 is 1.80 bits per heavy atom. The maximum Gasteiger partial charge on any atom is 0.130 e. The van der Waals surface area contributed by atoms with Gasteiger partial charge >= 0.3 is 0 Å². The van der Waals surface area contributed by atoms with Gasteiger partial charge in [-0.15, -0.1) is 0 Å². The predicted molar refractivity (Wildman–Crippen MR) is 106 cm³/mol. The second-order valence-corrected chi connectivity index (χ2v) is 7.07. The fourth-order valence-electron chi connectivity index (χ4n) is 3.49. The molecule has 0 fully saturated rings. The summed E-state index contributed by atoms with van der Waals surface area (Å²) >= 11 is 0. The third-order valence-electron chi connectivity index (χ3n) is 4.90. The number of rotatable bonds is 4. The zero-order valence-corrected chi connectivity index (χ0v) is 15.2. The van der Waals surface area contributed by atoms with Gasteiger partial charge in [0.15, 0.2) is 0 Å². The molecular formula is C24H25F. The van der Waals surface area contributed by atoms with Gasteiger partial charge in [0.2, 0.25) is 0 Å². The number of allylic oxidation sites excluding steroid dienone is 9. The molecule has 0 amide bonds. The molecule has 25 heavy (non-hydrogen) atoms. The lowest BCUT2D eigenvalue weighted by Gasteiger charge is -2.22. The van der Waals surface area contributed by atoms with Crippen LogP contribution in [0.2, 0.25) is 0 Å². The molecule has 0 N–H and O–H groups in total. The first kappa shape index (κ1) is 17.4. The van der Waals surface area contributed by atoms with Crippen LogP contribution in [-0.4, -0.2) is 0 Å². The monoisotopic (exact) mass is 332 g/mol. The Morgan fingerprint density at radius 3 is 2.48 bits per heavy atom. The van der Waals surface area contributed by atoms with Crippen LogP contribution >= 0.6 is 0 Å². The van der Waals surface area contributed by atoms with Crippen LogP contribution in [0.1, 0.15) is 42.9 Å². The van der Waals surface area contributed by atoms with Crippen LogP contribution in [0.3, 0.4) is 0 Å². The molecule has 0 spiro atoms. The van der Waals surface area contributed by atoms with E-state index < -0.39 is 0 Å². The molecule has 1 aromatic carbocycles. The van der Waals surface area contributed by atoms with E-state index in [1.54, 1.807) is 6.92 Å². The third kappa shape index (κ3) is 3.99. The molecule has 3 rings (SSSR count). The Labute approximate surface area is 150 Å². The highest BCUT2D eigenvalue weighted by Crippen LogP contribution is 2.35. The van der Waals surface area contributed by atoms with E-state index in [0.717, 1.165) is 31.3 Å². The number of halogens is 1. The van der Waals surface area contributed by atoms with Crippen molar-refractivity contribution >= 4 is 6.08 Å². The van der Waals surface area contributed by atoms with Gasteiger partial charge in [-0.05, 0) is 73.5 Å². The number of aryl methyl sites for hydroxylation is 2. The Balaban J connectivity index is 1.81. The molecule has 1 aromatic rings. The fraction of sp³-hybridized carbons (Fsp3) is 0.250. The van der Waals surface area contributed by atoms with Crippen molar-refractivity contribution in [3.8, 4) is 0 Å². The molecule has 0 atom stereocenters. The molecule has 0 unspecified atom stereocenters. The highest BCUT2D eigenvalue weighted by molar-refractivity contribution is 5.65. The van der Waals surface area contributed by atoms with E-state index >= 15 is 0 Å². The summed E-state index contributed by atoms with van der Waals surface area (Å²) < 4.78 is 14.1. The van der Waals surface area contributed by atoms with Crippen molar-refractivity contribution in [2.45, 2.75) is 39.5 Å². The maximum atomic E-state index is 14.1. The molecule has 128 valence electrons. The van der Waals surface area contributed by atoms with Crippen molar-refractivity contribution in [3.63, 3.8) is 0 Å². The van der Waals surface area contributed by atoms with Gasteiger partial charge < -0.3 is 0 Å². The van der Waals surface area contributed by atoms with Gasteiger partial charge in [0.05, 0.1) is 0 Å². The molecule has 0 bridgehead atoms. The van der Waals surface area contributed by atoms with E-state index in [9.17, 15) is 4.39 Å². The molecule has 0 aliphatic heterocycles. The summed E-state index contributed by atoms with van der Waals surface area (Å²) in [5.41, 5.74) is 9.04. The average Bonchev–Trinajstić information content (AvgIpc) is 2.60. The number of hydrogen-bond donors (Lipinski definition) is 0. The normalized spacial score (nSPS) is 17.2. The van der Waals surface area contributed by atoms with Gasteiger partial charge in [0.25, 0.3) is 0 Å². The van der Waals surface area contributed by atoms with Crippen molar-refractivity contribution in [1.29, 1.82) is 0 Å². The predicted octanol–water partition coefficient (Wildman–Crippen LogP) is 6.96. The van der Waals surface area contributed by atoms with Crippen molar-refractivity contribution < 1.29 is 4.39 Å².